The first-order chi connectivity index (χ1) is 16.0. The zero-order chi connectivity index (χ0) is 24.5. The van der Waals surface area contributed by atoms with Crippen LogP contribution in [0.1, 0.15) is 25.1 Å². The van der Waals surface area contributed by atoms with Crippen LogP contribution >= 0.6 is 11.6 Å². The number of pyridine rings is 1. The molecule has 1 unspecified atom stereocenters. The fourth-order valence-corrected chi connectivity index (χ4v) is 5.14. The lowest BCUT2D eigenvalue weighted by Gasteiger charge is -2.28. The molecule has 0 aliphatic carbocycles. The van der Waals surface area contributed by atoms with Gasteiger partial charge in [-0.15, -0.1) is 0 Å². The Morgan fingerprint density at radius 3 is 2.62 bits per heavy atom. The molecule has 1 atom stereocenters. The summed E-state index contributed by atoms with van der Waals surface area (Å²) >= 11 is 5.95. The summed E-state index contributed by atoms with van der Waals surface area (Å²) in [6, 6.07) is 10.2. The minimum absolute atomic E-state index is 0.0542. The number of nitrogens with zero attached hydrogens (tertiary/aromatic N) is 4. The number of hydrogen-bond donors (Lipinski definition) is 1. The summed E-state index contributed by atoms with van der Waals surface area (Å²) in [7, 11) is -3.37. The largest absolute Gasteiger partial charge is 0.384 e. The van der Waals surface area contributed by atoms with Crippen molar-refractivity contribution in [3.8, 4) is 11.1 Å². The van der Waals surface area contributed by atoms with Crippen LogP contribution in [-0.4, -0.2) is 50.9 Å². The molecule has 0 spiro atoms. The van der Waals surface area contributed by atoms with E-state index in [1.807, 2.05) is 12.1 Å². The molecule has 1 amide bonds. The molecule has 178 valence electrons. The van der Waals surface area contributed by atoms with Crippen molar-refractivity contribution in [2.24, 2.45) is 0 Å². The number of hydrogen-bond acceptors (Lipinski definition) is 6. The van der Waals surface area contributed by atoms with E-state index in [2.05, 4.69) is 10.1 Å². The Morgan fingerprint density at radius 1 is 1.24 bits per heavy atom. The van der Waals surface area contributed by atoms with Crippen molar-refractivity contribution in [2.75, 3.05) is 5.75 Å². The van der Waals surface area contributed by atoms with E-state index in [-0.39, 0.29) is 24.7 Å². The maximum absolute atomic E-state index is 13.3. The minimum atomic E-state index is -3.37. The minimum Gasteiger partial charge on any atom is -0.384 e. The lowest BCUT2D eigenvalue weighted by molar-refractivity contribution is -0.133. The number of carbonyl (C=O) groups is 1. The molecule has 10 heteroatoms. The molecule has 3 aromatic rings. The average Bonchev–Trinajstić information content (AvgIpc) is 3.38. The van der Waals surface area contributed by atoms with Crippen LogP contribution < -0.4 is 0 Å². The second kappa shape index (κ2) is 9.32. The number of carbonyl (C=O) groups excluding carboxylic acids is 1. The molecule has 0 radical (unpaired) electrons. The van der Waals surface area contributed by atoms with Crippen molar-refractivity contribution in [3.05, 3.63) is 82.8 Å². The second-order valence-corrected chi connectivity index (χ2v) is 11.2. The van der Waals surface area contributed by atoms with Gasteiger partial charge in [0.25, 0.3) is 0 Å². The molecule has 8 nitrogen and oxygen atoms in total. The van der Waals surface area contributed by atoms with Crippen LogP contribution in [0.3, 0.4) is 0 Å². The molecule has 1 N–H and O–H groups in total. The standard InChI is InChI=1S/C24H25ClN4O4S/c1-24(2,31)22-11-17(7-9-26-22)13-29(21-8-10-34(32,33)16-21)23(30)15-28-14-19(12-27-28)18-3-5-20(25)6-4-18/h3-12,14,21,31H,13,15-16H2,1-2H3. The number of aromatic nitrogens is 3. The van der Waals surface area contributed by atoms with Gasteiger partial charge in [-0.05, 0) is 55.3 Å². The van der Waals surface area contributed by atoms with Gasteiger partial charge < -0.3 is 10.0 Å². The molecule has 2 aromatic heterocycles. The summed E-state index contributed by atoms with van der Waals surface area (Å²) in [4.78, 5) is 19.1. The average molecular weight is 501 g/mol. The zero-order valence-corrected chi connectivity index (χ0v) is 20.4. The number of rotatable bonds is 7. The van der Waals surface area contributed by atoms with Crippen LogP contribution in [0.4, 0.5) is 0 Å². The Bertz CT molecular complexity index is 1330. The van der Waals surface area contributed by atoms with Crippen molar-refractivity contribution in [2.45, 2.75) is 38.6 Å². The third-order valence-electron chi connectivity index (χ3n) is 5.54. The molecule has 34 heavy (non-hydrogen) atoms. The summed E-state index contributed by atoms with van der Waals surface area (Å²) in [5.74, 6) is -0.448. The normalized spacial score (nSPS) is 17.1. The van der Waals surface area contributed by atoms with Gasteiger partial charge in [0.05, 0.1) is 23.7 Å². The predicted octanol–water partition coefficient (Wildman–Crippen LogP) is 3.17. The van der Waals surface area contributed by atoms with Crippen LogP contribution in [0.25, 0.3) is 11.1 Å². The van der Waals surface area contributed by atoms with E-state index >= 15 is 0 Å². The summed E-state index contributed by atoms with van der Waals surface area (Å²) in [6.07, 6.45) is 6.53. The third-order valence-corrected chi connectivity index (χ3v) is 7.17. The Balaban J connectivity index is 1.56. The molecule has 0 bridgehead atoms. The van der Waals surface area contributed by atoms with Crippen LogP contribution in [0.2, 0.25) is 5.02 Å². The van der Waals surface area contributed by atoms with E-state index in [0.717, 1.165) is 22.1 Å². The predicted molar refractivity (Wildman–Crippen MR) is 129 cm³/mol. The number of benzene rings is 1. The molecule has 1 aliphatic rings. The lowest BCUT2D eigenvalue weighted by Crippen LogP contribution is -2.42. The third kappa shape index (κ3) is 5.72. The van der Waals surface area contributed by atoms with Gasteiger partial charge in [-0.25, -0.2) is 8.42 Å². The maximum Gasteiger partial charge on any atom is 0.245 e. The molecular formula is C24H25ClN4O4S. The highest BCUT2D eigenvalue weighted by atomic mass is 35.5. The summed E-state index contributed by atoms with van der Waals surface area (Å²) in [6.45, 7) is 3.37. The van der Waals surface area contributed by atoms with Crippen LogP contribution in [-0.2, 0) is 33.3 Å². The SMILES string of the molecule is CC(C)(O)c1cc(CN(C(=O)Cn2cc(-c3ccc(Cl)cc3)cn2)C2C=CS(=O)(=O)C2)ccn1. The molecule has 0 saturated heterocycles. The van der Waals surface area contributed by atoms with Gasteiger partial charge in [0.1, 0.15) is 12.1 Å². The van der Waals surface area contributed by atoms with Gasteiger partial charge in [0, 0.05) is 34.9 Å². The van der Waals surface area contributed by atoms with E-state index in [1.54, 1.807) is 56.7 Å². The van der Waals surface area contributed by atoms with Gasteiger partial charge in [-0.2, -0.15) is 5.10 Å². The molecule has 0 saturated carbocycles. The quantitative estimate of drug-likeness (QED) is 0.534. The zero-order valence-electron chi connectivity index (χ0n) is 18.8. The Labute approximate surface area is 203 Å². The van der Waals surface area contributed by atoms with Crippen molar-refractivity contribution >= 4 is 27.3 Å². The molecule has 1 aromatic carbocycles. The van der Waals surface area contributed by atoms with E-state index in [9.17, 15) is 18.3 Å². The first-order valence-corrected chi connectivity index (χ1v) is 12.8. The summed E-state index contributed by atoms with van der Waals surface area (Å²) in [5.41, 5.74) is 1.81. The topological polar surface area (TPSA) is 105 Å². The van der Waals surface area contributed by atoms with Crippen LogP contribution in [0.5, 0.6) is 0 Å². The van der Waals surface area contributed by atoms with Gasteiger partial charge in [-0.3, -0.25) is 14.5 Å². The highest BCUT2D eigenvalue weighted by Crippen LogP contribution is 2.23. The number of aliphatic hydroxyl groups is 1. The molecule has 1 aliphatic heterocycles. The van der Waals surface area contributed by atoms with Gasteiger partial charge in [0.15, 0.2) is 9.84 Å². The number of sulfone groups is 1. The fourth-order valence-electron chi connectivity index (χ4n) is 3.72. The van der Waals surface area contributed by atoms with Crippen LogP contribution in [0.15, 0.2) is 66.5 Å². The van der Waals surface area contributed by atoms with Crippen molar-refractivity contribution in [3.63, 3.8) is 0 Å². The Kier molecular flexibility index (Phi) is 6.62. The summed E-state index contributed by atoms with van der Waals surface area (Å²) < 4.78 is 25.6. The number of halogens is 1. The Hall–Kier alpha value is -3.01. The molecule has 3 heterocycles. The molecular weight excluding hydrogens is 476 g/mol. The molecule has 4 rings (SSSR count). The van der Waals surface area contributed by atoms with Crippen molar-refractivity contribution in [1.82, 2.24) is 19.7 Å². The first kappa shape index (κ1) is 24.1. The molecule has 0 fully saturated rings. The van der Waals surface area contributed by atoms with E-state index in [0.29, 0.717) is 10.7 Å². The fraction of sp³-hybridized carbons (Fsp3) is 0.292. The lowest BCUT2D eigenvalue weighted by atomic mass is 10.0. The second-order valence-electron chi connectivity index (χ2n) is 8.79. The first-order valence-electron chi connectivity index (χ1n) is 10.7. The Morgan fingerprint density at radius 2 is 1.97 bits per heavy atom. The van der Waals surface area contributed by atoms with Gasteiger partial charge in [0.2, 0.25) is 5.91 Å². The van der Waals surface area contributed by atoms with Crippen LogP contribution in [0, 0.1) is 0 Å². The van der Waals surface area contributed by atoms with Gasteiger partial charge >= 0.3 is 0 Å². The van der Waals surface area contributed by atoms with E-state index in [1.165, 1.54) is 15.7 Å². The number of amides is 1. The van der Waals surface area contributed by atoms with Crippen molar-refractivity contribution < 1.29 is 18.3 Å². The maximum atomic E-state index is 13.3. The monoisotopic (exact) mass is 500 g/mol. The summed E-state index contributed by atoms with van der Waals surface area (Å²) in [5, 5.41) is 16.4. The van der Waals surface area contributed by atoms with E-state index in [4.69, 9.17) is 11.6 Å². The van der Waals surface area contributed by atoms with E-state index < -0.39 is 21.5 Å². The smallest absolute Gasteiger partial charge is 0.245 e. The van der Waals surface area contributed by atoms with Gasteiger partial charge in [-0.1, -0.05) is 23.7 Å². The van der Waals surface area contributed by atoms with Crippen molar-refractivity contribution in [1.29, 1.82) is 0 Å². The highest BCUT2D eigenvalue weighted by Gasteiger charge is 2.31. The highest BCUT2D eigenvalue weighted by molar-refractivity contribution is 7.94.